The van der Waals surface area contributed by atoms with Gasteiger partial charge in [-0.25, -0.2) is 4.79 Å². The second-order valence-corrected chi connectivity index (χ2v) is 6.64. The lowest BCUT2D eigenvalue weighted by atomic mass is 10.0. The van der Waals surface area contributed by atoms with Gasteiger partial charge in [0.15, 0.2) is 5.78 Å². The van der Waals surface area contributed by atoms with Gasteiger partial charge in [0.05, 0.1) is 7.11 Å². The quantitative estimate of drug-likeness (QED) is 0.611. The monoisotopic (exact) mass is 347 g/mol. The zero-order valence-corrected chi connectivity index (χ0v) is 14.2. The summed E-state index contributed by atoms with van der Waals surface area (Å²) >= 11 is 7.59. The molecule has 0 radical (unpaired) electrons. The summed E-state index contributed by atoms with van der Waals surface area (Å²) in [4.78, 5) is 25.2. The van der Waals surface area contributed by atoms with E-state index in [0.717, 1.165) is 10.5 Å². The van der Waals surface area contributed by atoms with E-state index < -0.39 is 5.97 Å². The van der Waals surface area contributed by atoms with Crippen LogP contribution >= 0.6 is 23.4 Å². The van der Waals surface area contributed by atoms with E-state index in [1.807, 2.05) is 12.1 Å². The molecule has 2 aromatic rings. The smallest absolute Gasteiger partial charge is 0.354 e. The van der Waals surface area contributed by atoms with Gasteiger partial charge in [0.1, 0.15) is 5.69 Å². The lowest BCUT2D eigenvalue weighted by Gasteiger charge is -2.16. The summed E-state index contributed by atoms with van der Waals surface area (Å²) in [5.74, 6) is 0.166. The Bertz CT molecular complexity index is 838. The fourth-order valence-electron chi connectivity index (χ4n) is 2.48. The maximum absolute atomic E-state index is 12.6. The summed E-state index contributed by atoms with van der Waals surface area (Å²) in [7, 11) is 3.11. The predicted octanol–water partition coefficient (Wildman–Crippen LogP) is 3.84. The van der Waals surface area contributed by atoms with Crippen LogP contribution in [0.15, 0.2) is 40.9 Å². The number of nitrogens with zero attached hydrogens (tertiary/aromatic N) is 1. The van der Waals surface area contributed by atoms with Crippen LogP contribution in [-0.4, -0.2) is 29.2 Å². The van der Waals surface area contributed by atoms with Gasteiger partial charge in [-0.2, -0.15) is 0 Å². The van der Waals surface area contributed by atoms with Crippen molar-refractivity contribution >= 4 is 41.2 Å². The van der Waals surface area contributed by atoms with Crippen LogP contribution in [0.2, 0.25) is 5.02 Å². The zero-order chi connectivity index (χ0) is 16.6. The first-order valence-corrected chi connectivity index (χ1v) is 8.28. The molecule has 0 amide bonds. The summed E-state index contributed by atoms with van der Waals surface area (Å²) in [5, 5.41) is 0.548. The minimum atomic E-state index is -0.404. The third-order valence-electron chi connectivity index (χ3n) is 3.62. The topological polar surface area (TPSA) is 48.3 Å². The number of aromatic nitrogens is 1. The Morgan fingerprint density at radius 2 is 2.17 bits per heavy atom. The van der Waals surface area contributed by atoms with Crippen LogP contribution in [-0.2, 0) is 11.8 Å². The van der Waals surface area contributed by atoms with E-state index in [-0.39, 0.29) is 5.78 Å². The summed E-state index contributed by atoms with van der Waals surface area (Å²) in [6.45, 7) is 0. The van der Waals surface area contributed by atoms with Crippen molar-refractivity contribution in [3.8, 4) is 0 Å². The van der Waals surface area contributed by atoms with E-state index >= 15 is 0 Å². The summed E-state index contributed by atoms with van der Waals surface area (Å²) < 4.78 is 6.42. The highest BCUT2D eigenvalue weighted by Gasteiger charge is 2.23. The van der Waals surface area contributed by atoms with Gasteiger partial charge in [-0.3, -0.25) is 4.79 Å². The molecule has 1 aliphatic heterocycles. The molecule has 118 valence electrons. The number of carbonyl (C=O) groups is 2. The standard InChI is InChI=1S/C17H14ClNO3S/c1-19-8-10(6-14(19)17(21)22-2)5-11-9-23-15-4-3-12(18)7-13(15)16(11)20/h3-8H,9H2,1-2H3. The highest BCUT2D eigenvalue weighted by molar-refractivity contribution is 7.99. The molecule has 0 spiro atoms. The average Bonchev–Trinajstić information content (AvgIpc) is 2.90. The molecule has 3 rings (SSSR count). The number of rotatable bonds is 2. The third kappa shape index (κ3) is 3.07. The van der Waals surface area contributed by atoms with Gasteiger partial charge < -0.3 is 9.30 Å². The Morgan fingerprint density at radius 1 is 1.39 bits per heavy atom. The molecule has 0 unspecified atom stereocenters. The number of benzene rings is 1. The van der Waals surface area contributed by atoms with Gasteiger partial charge in [-0.15, -0.1) is 11.8 Å². The van der Waals surface area contributed by atoms with E-state index in [1.165, 1.54) is 7.11 Å². The van der Waals surface area contributed by atoms with Crippen molar-refractivity contribution in [1.29, 1.82) is 0 Å². The number of ether oxygens (including phenoxy) is 1. The van der Waals surface area contributed by atoms with E-state index in [1.54, 1.807) is 47.8 Å². The van der Waals surface area contributed by atoms with Crippen LogP contribution in [0.5, 0.6) is 0 Å². The normalized spacial score (nSPS) is 15.6. The number of hydrogen-bond acceptors (Lipinski definition) is 4. The Morgan fingerprint density at radius 3 is 2.91 bits per heavy atom. The van der Waals surface area contributed by atoms with Crippen molar-refractivity contribution in [2.24, 2.45) is 7.05 Å². The molecule has 0 bridgehead atoms. The van der Waals surface area contributed by atoms with Crippen LogP contribution in [0.25, 0.3) is 6.08 Å². The molecule has 0 saturated heterocycles. The van der Waals surface area contributed by atoms with Gasteiger partial charge in [-0.1, -0.05) is 11.6 Å². The number of ketones is 1. The second-order valence-electron chi connectivity index (χ2n) is 5.19. The second kappa shape index (κ2) is 6.26. The minimum Gasteiger partial charge on any atom is -0.464 e. The lowest BCUT2D eigenvalue weighted by molar-refractivity contribution is 0.0590. The number of aryl methyl sites for hydroxylation is 1. The van der Waals surface area contributed by atoms with Crippen LogP contribution in [0.3, 0.4) is 0 Å². The first-order chi connectivity index (χ1) is 11.0. The molecule has 1 aromatic heterocycles. The summed E-state index contributed by atoms with van der Waals surface area (Å²) in [6.07, 6.45) is 3.61. The number of halogens is 1. The van der Waals surface area contributed by atoms with Crippen LogP contribution in [0.1, 0.15) is 26.4 Å². The predicted molar refractivity (Wildman–Crippen MR) is 91.2 cm³/mol. The van der Waals surface area contributed by atoms with Gasteiger partial charge in [-0.05, 0) is 35.9 Å². The van der Waals surface area contributed by atoms with Crippen molar-refractivity contribution in [2.75, 3.05) is 12.9 Å². The number of Topliss-reactive ketones (excluding diaryl/α,β-unsaturated/α-hetero) is 1. The molecular weight excluding hydrogens is 334 g/mol. The largest absolute Gasteiger partial charge is 0.464 e. The Hall–Kier alpha value is -1.98. The first-order valence-electron chi connectivity index (χ1n) is 6.92. The molecule has 6 heteroatoms. The lowest BCUT2D eigenvalue weighted by Crippen LogP contribution is -2.12. The van der Waals surface area contributed by atoms with Gasteiger partial charge in [0.25, 0.3) is 0 Å². The molecule has 0 saturated carbocycles. The maximum atomic E-state index is 12.6. The molecular formula is C17H14ClNO3S. The third-order valence-corrected chi connectivity index (χ3v) is 4.98. The molecule has 1 aliphatic rings. The number of carbonyl (C=O) groups excluding carboxylic acids is 2. The van der Waals surface area contributed by atoms with Crippen molar-refractivity contribution in [3.05, 3.63) is 57.9 Å². The SMILES string of the molecule is COC(=O)c1cc(C=C2CSc3ccc(Cl)cc3C2=O)cn1C. The molecule has 0 N–H and O–H groups in total. The molecule has 2 heterocycles. The van der Waals surface area contributed by atoms with E-state index in [2.05, 4.69) is 0 Å². The van der Waals surface area contributed by atoms with E-state index in [0.29, 0.717) is 27.6 Å². The van der Waals surface area contributed by atoms with Crippen LogP contribution in [0.4, 0.5) is 0 Å². The molecule has 0 aliphatic carbocycles. The summed E-state index contributed by atoms with van der Waals surface area (Å²) in [6, 6.07) is 7.07. The fourth-order valence-corrected chi connectivity index (χ4v) is 3.65. The molecule has 0 fully saturated rings. The highest BCUT2D eigenvalue weighted by Crippen LogP contribution is 2.35. The summed E-state index contributed by atoms with van der Waals surface area (Å²) in [5.41, 5.74) is 2.55. The zero-order valence-electron chi connectivity index (χ0n) is 12.6. The molecule has 1 aromatic carbocycles. The number of thioether (sulfide) groups is 1. The van der Waals surface area contributed by atoms with Crippen molar-refractivity contribution in [2.45, 2.75) is 4.90 Å². The first kappa shape index (κ1) is 15.9. The van der Waals surface area contributed by atoms with Crippen molar-refractivity contribution in [1.82, 2.24) is 4.57 Å². The van der Waals surface area contributed by atoms with Crippen molar-refractivity contribution < 1.29 is 14.3 Å². The molecule has 0 atom stereocenters. The Kier molecular flexibility index (Phi) is 4.33. The number of methoxy groups -OCH3 is 1. The number of fused-ring (bicyclic) bond motifs is 1. The van der Waals surface area contributed by atoms with Gasteiger partial charge >= 0.3 is 5.97 Å². The Labute approximate surface area is 143 Å². The maximum Gasteiger partial charge on any atom is 0.354 e. The Balaban J connectivity index is 1.95. The number of hydrogen-bond donors (Lipinski definition) is 0. The molecule has 23 heavy (non-hydrogen) atoms. The van der Waals surface area contributed by atoms with Gasteiger partial charge in [0, 0.05) is 40.1 Å². The van der Waals surface area contributed by atoms with Crippen LogP contribution in [0, 0.1) is 0 Å². The van der Waals surface area contributed by atoms with E-state index in [9.17, 15) is 9.59 Å². The average molecular weight is 348 g/mol. The molecule has 4 nitrogen and oxygen atoms in total. The highest BCUT2D eigenvalue weighted by atomic mass is 35.5. The number of esters is 1. The minimum absolute atomic E-state index is 0.0234. The fraction of sp³-hybridized carbons (Fsp3) is 0.176. The van der Waals surface area contributed by atoms with E-state index in [4.69, 9.17) is 16.3 Å². The van der Waals surface area contributed by atoms with Crippen LogP contribution < -0.4 is 0 Å². The van der Waals surface area contributed by atoms with Gasteiger partial charge in [0.2, 0.25) is 0 Å². The van der Waals surface area contributed by atoms with Crippen molar-refractivity contribution in [3.63, 3.8) is 0 Å².